The van der Waals surface area contributed by atoms with E-state index in [0.717, 1.165) is 33.4 Å². The fourth-order valence-corrected chi connectivity index (χ4v) is 3.40. The molecule has 0 radical (unpaired) electrons. The number of nitrogens with zero attached hydrogens (tertiary/aromatic N) is 2. The van der Waals surface area contributed by atoms with E-state index in [-0.39, 0.29) is 5.91 Å². The molecule has 0 aliphatic heterocycles. The van der Waals surface area contributed by atoms with Crippen LogP contribution in [0.15, 0.2) is 48.7 Å². The predicted molar refractivity (Wildman–Crippen MR) is 98.2 cm³/mol. The molecule has 0 aliphatic carbocycles. The first-order valence-electron chi connectivity index (χ1n) is 7.92. The largest absolute Gasteiger partial charge is 0.326 e. The maximum Gasteiger partial charge on any atom is 0.229 e. The average molecular weight is 337 g/mol. The third-order valence-electron chi connectivity index (χ3n) is 3.74. The molecule has 0 fully saturated rings. The van der Waals surface area contributed by atoms with Crippen LogP contribution in [0.2, 0.25) is 0 Å². The lowest BCUT2D eigenvalue weighted by atomic mass is 10.1. The fraction of sp³-hybridized carbons (Fsp3) is 0.211. The second-order valence-corrected chi connectivity index (χ2v) is 6.60. The van der Waals surface area contributed by atoms with Crippen molar-refractivity contribution in [3.05, 3.63) is 64.8 Å². The molecule has 4 nitrogen and oxygen atoms in total. The number of aromatic nitrogens is 2. The second-order valence-electron chi connectivity index (χ2n) is 5.52. The van der Waals surface area contributed by atoms with Crippen LogP contribution in [-0.2, 0) is 17.6 Å². The highest BCUT2D eigenvalue weighted by atomic mass is 32.1. The van der Waals surface area contributed by atoms with Gasteiger partial charge in [-0.1, -0.05) is 25.1 Å². The minimum atomic E-state index is -0.0291. The lowest BCUT2D eigenvalue weighted by Gasteiger charge is -2.05. The van der Waals surface area contributed by atoms with E-state index >= 15 is 0 Å². The van der Waals surface area contributed by atoms with Gasteiger partial charge in [0.05, 0.1) is 17.8 Å². The van der Waals surface area contributed by atoms with Crippen LogP contribution < -0.4 is 5.32 Å². The monoisotopic (exact) mass is 337 g/mol. The number of rotatable bonds is 5. The molecule has 0 saturated heterocycles. The van der Waals surface area contributed by atoms with Crippen LogP contribution in [-0.4, -0.2) is 15.9 Å². The molecule has 24 heavy (non-hydrogen) atoms. The molecule has 1 aromatic carbocycles. The Morgan fingerprint density at radius 3 is 2.62 bits per heavy atom. The van der Waals surface area contributed by atoms with Crippen molar-refractivity contribution in [2.75, 3.05) is 5.32 Å². The van der Waals surface area contributed by atoms with Crippen molar-refractivity contribution in [1.82, 2.24) is 9.97 Å². The van der Waals surface area contributed by atoms with Gasteiger partial charge in [0, 0.05) is 16.8 Å². The van der Waals surface area contributed by atoms with E-state index in [0.29, 0.717) is 6.42 Å². The van der Waals surface area contributed by atoms with Crippen molar-refractivity contribution in [3.8, 4) is 10.7 Å². The van der Waals surface area contributed by atoms with Crippen molar-refractivity contribution in [1.29, 1.82) is 0 Å². The highest BCUT2D eigenvalue weighted by Gasteiger charge is 2.13. The molecule has 0 atom stereocenters. The molecular weight excluding hydrogens is 318 g/mol. The molecule has 0 saturated carbocycles. The molecule has 122 valence electrons. The van der Waals surface area contributed by atoms with Crippen molar-refractivity contribution in [3.63, 3.8) is 0 Å². The van der Waals surface area contributed by atoms with Crippen LogP contribution in [0.1, 0.15) is 23.1 Å². The molecule has 2 heterocycles. The Morgan fingerprint density at radius 1 is 1.17 bits per heavy atom. The smallest absolute Gasteiger partial charge is 0.229 e. The summed E-state index contributed by atoms with van der Waals surface area (Å²) in [5.74, 6) is -0.0291. The molecule has 3 aromatic rings. The topological polar surface area (TPSA) is 54.9 Å². The number of nitrogens with one attached hydrogen (secondary N) is 1. The van der Waals surface area contributed by atoms with Crippen molar-refractivity contribution in [2.24, 2.45) is 0 Å². The molecule has 2 aromatic heterocycles. The van der Waals surface area contributed by atoms with E-state index in [1.165, 1.54) is 16.9 Å². The van der Waals surface area contributed by atoms with Gasteiger partial charge in [-0.2, -0.15) is 0 Å². The van der Waals surface area contributed by atoms with Gasteiger partial charge < -0.3 is 5.32 Å². The molecule has 5 heteroatoms. The summed E-state index contributed by atoms with van der Waals surface area (Å²) >= 11 is 1.52. The number of anilines is 1. The first-order chi connectivity index (χ1) is 11.7. The molecule has 0 spiro atoms. The number of hydrogen-bond acceptors (Lipinski definition) is 4. The number of amides is 1. The molecule has 0 aliphatic rings. The van der Waals surface area contributed by atoms with E-state index < -0.39 is 0 Å². The van der Waals surface area contributed by atoms with Crippen LogP contribution in [0.25, 0.3) is 10.7 Å². The van der Waals surface area contributed by atoms with Gasteiger partial charge in [-0.3, -0.25) is 9.78 Å². The normalized spacial score (nSPS) is 10.6. The summed E-state index contributed by atoms with van der Waals surface area (Å²) in [5, 5.41) is 3.79. The highest BCUT2D eigenvalue weighted by molar-refractivity contribution is 7.15. The maximum atomic E-state index is 12.3. The quantitative estimate of drug-likeness (QED) is 0.757. The second kappa shape index (κ2) is 7.36. The number of benzene rings is 1. The van der Waals surface area contributed by atoms with E-state index in [1.54, 1.807) is 6.20 Å². The van der Waals surface area contributed by atoms with Crippen LogP contribution in [0.4, 0.5) is 5.69 Å². The molecule has 1 amide bonds. The standard InChI is InChI=1S/C19H19N3OS/c1-3-14-7-9-15(10-8-14)22-18(23)12-17-13(2)21-19(24-17)16-6-4-5-11-20-16/h4-11H,3,12H2,1-2H3,(H,22,23). The van der Waals surface area contributed by atoms with Crippen molar-refractivity contribution in [2.45, 2.75) is 26.7 Å². The summed E-state index contributed by atoms with van der Waals surface area (Å²) in [6.45, 7) is 4.04. The molecule has 0 bridgehead atoms. The molecular formula is C19H19N3OS. The Hall–Kier alpha value is -2.53. The minimum absolute atomic E-state index is 0.0291. The van der Waals surface area contributed by atoms with Gasteiger partial charge in [-0.25, -0.2) is 4.98 Å². The Kier molecular flexibility index (Phi) is 5.01. The first-order valence-corrected chi connectivity index (χ1v) is 8.74. The van der Waals surface area contributed by atoms with Gasteiger partial charge in [0.15, 0.2) is 0 Å². The number of pyridine rings is 1. The number of hydrogen-bond donors (Lipinski definition) is 1. The maximum absolute atomic E-state index is 12.3. The number of carbonyl (C=O) groups is 1. The van der Waals surface area contributed by atoms with Gasteiger partial charge in [-0.15, -0.1) is 11.3 Å². The summed E-state index contributed by atoms with van der Waals surface area (Å²) in [6.07, 6.45) is 3.06. The number of carbonyl (C=O) groups excluding carboxylic acids is 1. The summed E-state index contributed by atoms with van der Waals surface area (Å²) in [5.41, 5.74) is 3.81. The van der Waals surface area contributed by atoms with Gasteiger partial charge in [0.25, 0.3) is 0 Å². The minimum Gasteiger partial charge on any atom is -0.326 e. The molecule has 1 N–H and O–H groups in total. The molecule has 3 rings (SSSR count). The first kappa shape index (κ1) is 16.3. The fourth-order valence-electron chi connectivity index (χ4n) is 2.37. The van der Waals surface area contributed by atoms with Gasteiger partial charge >= 0.3 is 0 Å². The van der Waals surface area contributed by atoms with Crippen LogP contribution >= 0.6 is 11.3 Å². The van der Waals surface area contributed by atoms with Crippen molar-refractivity contribution < 1.29 is 4.79 Å². The Labute approximate surface area is 145 Å². The Bertz CT molecular complexity index is 826. The van der Waals surface area contributed by atoms with Crippen molar-refractivity contribution >= 4 is 22.9 Å². The van der Waals surface area contributed by atoms with Gasteiger partial charge in [0.1, 0.15) is 5.01 Å². The van der Waals surface area contributed by atoms with E-state index in [4.69, 9.17) is 0 Å². The summed E-state index contributed by atoms with van der Waals surface area (Å²) in [6, 6.07) is 13.7. The van der Waals surface area contributed by atoms with Gasteiger partial charge in [0.2, 0.25) is 5.91 Å². The third-order valence-corrected chi connectivity index (χ3v) is 4.92. The number of aryl methyl sites for hydroxylation is 2. The lowest BCUT2D eigenvalue weighted by Crippen LogP contribution is -2.14. The SMILES string of the molecule is CCc1ccc(NC(=O)Cc2sc(-c3ccccn3)nc2C)cc1. The Morgan fingerprint density at radius 2 is 1.96 bits per heavy atom. The summed E-state index contributed by atoms with van der Waals surface area (Å²) in [4.78, 5) is 22.1. The van der Waals surface area contributed by atoms with Gasteiger partial charge in [-0.05, 0) is 43.2 Å². The van der Waals surface area contributed by atoms with E-state index in [2.05, 4.69) is 22.2 Å². The summed E-state index contributed by atoms with van der Waals surface area (Å²) < 4.78 is 0. The predicted octanol–water partition coefficient (Wildman–Crippen LogP) is 4.26. The van der Waals surface area contributed by atoms with E-state index in [9.17, 15) is 4.79 Å². The lowest BCUT2D eigenvalue weighted by molar-refractivity contribution is -0.115. The third kappa shape index (κ3) is 3.86. The number of thiazole rings is 1. The van der Waals surface area contributed by atoms with Crippen LogP contribution in [0.5, 0.6) is 0 Å². The van der Waals surface area contributed by atoms with Crippen LogP contribution in [0, 0.1) is 6.92 Å². The zero-order chi connectivity index (χ0) is 16.9. The summed E-state index contributed by atoms with van der Waals surface area (Å²) in [7, 11) is 0. The Balaban J connectivity index is 1.69. The molecule has 0 unspecified atom stereocenters. The van der Waals surface area contributed by atoms with Crippen LogP contribution in [0.3, 0.4) is 0 Å². The average Bonchev–Trinajstić information content (AvgIpc) is 2.97. The highest BCUT2D eigenvalue weighted by Crippen LogP contribution is 2.27. The van der Waals surface area contributed by atoms with E-state index in [1.807, 2.05) is 49.4 Å². The zero-order valence-electron chi connectivity index (χ0n) is 13.7. The zero-order valence-corrected chi connectivity index (χ0v) is 14.6.